The second kappa shape index (κ2) is 9.56. The Morgan fingerprint density at radius 1 is 1.13 bits per heavy atom. The van der Waals surface area contributed by atoms with Crippen molar-refractivity contribution in [2.45, 2.75) is 46.1 Å². The molecule has 1 amide bonds. The zero-order valence-corrected chi connectivity index (χ0v) is 19.1. The first-order chi connectivity index (χ1) is 14.8. The highest BCUT2D eigenvalue weighted by Crippen LogP contribution is 2.42. The molecular formula is C25H28ClNO4. The standard InChI is InChI=1S/C25H28ClNO4/c1-5-6-7-12-27-21(17-8-10-18(26)11-9-17)20(23(29)25(27)30)22(28)19-14-15(2)13-16(3)24(19)31-4/h8-11,13-14,21,28H,5-7,12H2,1-4H3/b22-20+. The monoisotopic (exact) mass is 441 g/mol. The molecule has 0 saturated carbocycles. The first-order valence-electron chi connectivity index (χ1n) is 10.5. The summed E-state index contributed by atoms with van der Waals surface area (Å²) in [6, 6.07) is 10.1. The number of carbonyl (C=O) groups excluding carboxylic acids is 2. The van der Waals surface area contributed by atoms with E-state index in [2.05, 4.69) is 6.92 Å². The Hall–Kier alpha value is -2.79. The maximum atomic E-state index is 13.1. The summed E-state index contributed by atoms with van der Waals surface area (Å²) in [4.78, 5) is 27.6. The van der Waals surface area contributed by atoms with E-state index in [-0.39, 0.29) is 11.3 Å². The Labute approximate surface area is 188 Å². The van der Waals surface area contributed by atoms with Crippen LogP contribution in [0.5, 0.6) is 5.75 Å². The molecule has 6 heteroatoms. The maximum Gasteiger partial charge on any atom is 0.295 e. The molecule has 1 heterocycles. The molecule has 1 unspecified atom stereocenters. The van der Waals surface area contributed by atoms with Crippen molar-refractivity contribution >= 4 is 29.1 Å². The van der Waals surface area contributed by atoms with Gasteiger partial charge in [0.25, 0.3) is 11.7 Å². The molecule has 0 aromatic heterocycles. The first kappa shape index (κ1) is 22.9. The predicted molar refractivity (Wildman–Crippen MR) is 122 cm³/mol. The molecule has 5 nitrogen and oxygen atoms in total. The molecule has 1 atom stereocenters. The third-order valence-electron chi connectivity index (χ3n) is 5.61. The van der Waals surface area contributed by atoms with Crippen LogP contribution in [0.2, 0.25) is 5.02 Å². The van der Waals surface area contributed by atoms with Crippen molar-refractivity contribution in [3.8, 4) is 5.75 Å². The van der Waals surface area contributed by atoms with Crippen molar-refractivity contribution in [2.24, 2.45) is 0 Å². The van der Waals surface area contributed by atoms with Crippen molar-refractivity contribution in [1.29, 1.82) is 0 Å². The van der Waals surface area contributed by atoms with Gasteiger partial charge in [0, 0.05) is 11.6 Å². The number of hydrogen-bond acceptors (Lipinski definition) is 4. The summed E-state index contributed by atoms with van der Waals surface area (Å²) in [5.74, 6) is -1.02. The smallest absolute Gasteiger partial charge is 0.295 e. The number of ketones is 1. The van der Waals surface area contributed by atoms with Crippen LogP contribution in [0, 0.1) is 13.8 Å². The first-order valence-corrected chi connectivity index (χ1v) is 10.9. The van der Waals surface area contributed by atoms with E-state index < -0.39 is 17.7 Å². The van der Waals surface area contributed by atoms with E-state index in [1.807, 2.05) is 19.9 Å². The van der Waals surface area contributed by atoms with Crippen molar-refractivity contribution in [3.05, 3.63) is 69.2 Å². The lowest BCUT2D eigenvalue weighted by Crippen LogP contribution is -2.30. The molecule has 0 radical (unpaired) electrons. The molecule has 1 fully saturated rings. The summed E-state index contributed by atoms with van der Waals surface area (Å²) in [6.07, 6.45) is 2.72. The Bertz CT molecular complexity index is 1030. The highest BCUT2D eigenvalue weighted by atomic mass is 35.5. The number of rotatable bonds is 7. The summed E-state index contributed by atoms with van der Waals surface area (Å²) in [7, 11) is 1.52. The molecule has 164 valence electrons. The number of amides is 1. The zero-order valence-electron chi connectivity index (χ0n) is 18.4. The fourth-order valence-electron chi connectivity index (χ4n) is 4.18. The van der Waals surface area contributed by atoms with Crippen LogP contribution in [-0.4, -0.2) is 35.4 Å². The van der Waals surface area contributed by atoms with Crippen LogP contribution in [-0.2, 0) is 9.59 Å². The molecular weight excluding hydrogens is 414 g/mol. The maximum absolute atomic E-state index is 13.1. The summed E-state index contributed by atoms with van der Waals surface area (Å²) in [5, 5.41) is 11.9. The quantitative estimate of drug-likeness (QED) is 0.263. The van der Waals surface area contributed by atoms with Gasteiger partial charge in [-0.25, -0.2) is 0 Å². The molecule has 2 aromatic carbocycles. The van der Waals surface area contributed by atoms with Gasteiger partial charge in [0.2, 0.25) is 0 Å². The van der Waals surface area contributed by atoms with E-state index in [0.29, 0.717) is 22.9 Å². The van der Waals surface area contributed by atoms with Gasteiger partial charge in [-0.1, -0.05) is 49.6 Å². The van der Waals surface area contributed by atoms with Crippen LogP contribution < -0.4 is 4.74 Å². The summed E-state index contributed by atoms with van der Waals surface area (Å²) in [6.45, 7) is 6.30. The number of aryl methyl sites for hydroxylation is 2. The van der Waals surface area contributed by atoms with E-state index in [1.165, 1.54) is 7.11 Å². The number of aliphatic hydroxyl groups is 1. The summed E-state index contributed by atoms with van der Waals surface area (Å²) in [5.41, 5.74) is 2.96. The van der Waals surface area contributed by atoms with Gasteiger partial charge in [0.15, 0.2) is 0 Å². The number of benzene rings is 2. The van der Waals surface area contributed by atoms with E-state index in [1.54, 1.807) is 35.2 Å². The molecule has 0 spiro atoms. The second-order valence-electron chi connectivity index (χ2n) is 7.91. The van der Waals surface area contributed by atoms with Crippen molar-refractivity contribution in [2.75, 3.05) is 13.7 Å². The molecule has 0 bridgehead atoms. The molecule has 1 N–H and O–H groups in total. The topological polar surface area (TPSA) is 66.8 Å². The van der Waals surface area contributed by atoms with Crippen molar-refractivity contribution in [3.63, 3.8) is 0 Å². The molecule has 3 rings (SSSR count). The van der Waals surface area contributed by atoms with Crippen LogP contribution in [0.25, 0.3) is 5.76 Å². The van der Waals surface area contributed by atoms with Gasteiger partial charge in [-0.3, -0.25) is 9.59 Å². The highest BCUT2D eigenvalue weighted by Gasteiger charge is 2.46. The Morgan fingerprint density at radius 2 is 1.81 bits per heavy atom. The number of hydrogen-bond donors (Lipinski definition) is 1. The molecule has 2 aromatic rings. The van der Waals surface area contributed by atoms with Crippen LogP contribution in [0.15, 0.2) is 42.0 Å². The largest absolute Gasteiger partial charge is 0.507 e. The van der Waals surface area contributed by atoms with E-state index in [4.69, 9.17) is 16.3 Å². The Kier molecular flexibility index (Phi) is 7.06. The zero-order chi connectivity index (χ0) is 22.7. The average Bonchev–Trinajstić information content (AvgIpc) is 2.98. The van der Waals surface area contributed by atoms with Crippen LogP contribution in [0.3, 0.4) is 0 Å². The number of Topliss-reactive ketones (excluding diaryl/α,β-unsaturated/α-hetero) is 1. The highest BCUT2D eigenvalue weighted by molar-refractivity contribution is 6.46. The van der Waals surface area contributed by atoms with E-state index >= 15 is 0 Å². The van der Waals surface area contributed by atoms with Gasteiger partial charge in [0.05, 0.1) is 24.3 Å². The number of halogens is 1. The van der Waals surface area contributed by atoms with Gasteiger partial charge in [-0.2, -0.15) is 0 Å². The SMILES string of the molecule is CCCCCN1C(=O)C(=O)/C(=C(/O)c2cc(C)cc(C)c2OC)C1c1ccc(Cl)cc1. The van der Waals surface area contributed by atoms with E-state index in [0.717, 1.165) is 36.0 Å². The summed E-state index contributed by atoms with van der Waals surface area (Å²) >= 11 is 6.06. The fraction of sp³-hybridized carbons (Fsp3) is 0.360. The molecule has 1 saturated heterocycles. The van der Waals surface area contributed by atoms with Crippen molar-refractivity contribution < 1.29 is 19.4 Å². The second-order valence-corrected chi connectivity index (χ2v) is 8.35. The molecule has 1 aliphatic rings. The Balaban J connectivity index is 2.21. The van der Waals surface area contributed by atoms with E-state index in [9.17, 15) is 14.7 Å². The fourth-order valence-corrected chi connectivity index (χ4v) is 4.31. The van der Waals surface area contributed by atoms with Crippen LogP contribution in [0.4, 0.5) is 0 Å². The van der Waals surface area contributed by atoms with Crippen molar-refractivity contribution in [1.82, 2.24) is 4.90 Å². The normalized spacial score (nSPS) is 18.0. The number of likely N-dealkylation sites (tertiary alicyclic amines) is 1. The van der Waals surface area contributed by atoms with Gasteiger partial charge in [-0.05, 0) is 55.2 Å². The number of nitrogens with zero attached hydrogens (tertiary/aromatic N) is 1. The van der Waals surface area contributed by atoms with Gasteiger partial charge in [-0.15, -0.1) is 0 Å². The minimum absolute atomic E-state index is 0.0760. The predicted octanol–water partition coefficient (Wildman–Crippen LogP) is 5.58. The van der Waals surface area contributed by atoms with Gasteiger partial charge < -0.3 is 14.7 Å². The lowest BCUT2D eigenvalue weighted by molar-refractivity contribution is -0.139. The third-order valence-corrected chi connectivity index (χ3v) is 5.86. The van der Waals surface area contributed by atoms with Crippen LogP contribution in [0.1, 0.15) is 54.5 Å². The number of carbonyl (C=O) groups is 2. The summed E-state index contributed by atoms with van der Waals surface area (Å²) < 4.78 is 5.52. The lowest BCUT2D eigenvalue weighted by Gasteiger charge is -2.25. The molecule has 31 heavy (non-hydrogen) atoms. The van der Waals surface area contributed by atoms with Gasteiger partial charge in [0.1, 0.15) is 11.5 Å². The Morgan fingerprint density at radius 3 is 2.42 bits per heavy atom. The minimum atomic E-state index is -0.685. The van der Waals surface area contributed by atoms with Gasteiger partial charge >= 0.3 is 0 Å². The lowest BCUT2D eigenvalue weighted by atomic mass is 9.93. The number of aliphatic hydroxyl groups excluding tert-OH is 1. The average molecular weight is 442 g/mol. The minimum Gasteiger partial charge on any atom is -0.507 e. The third kappa shape index (κ3) is 4.47. The number of ether oxygens (including phenoxy) is 1. The molecule has 0 aliphatic carbocycles. The van der Waals surface area contributed by atoms with Crippen LogP contribution >= 0.6 is 11.6 Å². The molecule has 1 aliphatic heterocycles. The number of methoxy groups -OCH3 is 1. The number of unbranched alkanes of at least 4 members (excludes halogenated alkanes) is 2.